The number of aromatic nitrogens is 1. The first kappa shape index (κ1) is 16.2. The van der Waals surface area contributed by atoms with Crippen LogP contribution < -0.4 is 10.6 Å². The second-order valence-corrected chi connectivity index (χ2v) is 4.83. The molecule has 1 aromatic carbocycles. The van der Waals surface area contributed by atoms with Crippen LogP contribution in [0, 0.1) is 17.0 Å². The summed E-state index contributed by atoms with van der Waals surface area (Å²) >= 11 is 0. The smallest absolute Gasteiger partial charge is 0.292 e. The Labute approximate surface area is 132 Å². The third kappa shape index (κ3) is 4.16. The van der Waals surface area contributed by atoms with Gasteiger partial charge in [0.2, 0.25) is 0 Å². The van der Waals surface area contributed by atoms with Gasteiger partial charge in [-0.3, -0.25) is 14.9 Å². The predicted octanol–water partition coefficient (Wildman–Crippen LogP) is 1.85. The topological polar surface area (TPSA) is 117 Å². The minimum absolute atomic E-state index is 0.0151. The van der Waals surface area contributed by atoms with Crippen LogP contribution >= 0.6 is 0 Å². The number of nitrogens with one attached hydrogen (secondary N) is 2. The molecule has 3 N–H and O–H groups in total. The lowest BCUT2D eigenvalue weighted by molar-refractivity contribution is -0.384. The second-order valence-electron chi connectivity index (χ2n) is 4.83. The van der Waals surface area contributed by atoms with Crippen LogP contribution in [0.2, 0.25) is 0 Å². The summed E-state index contributed by atoms with van der Waals surface area (Å²) < 4.78 is 0. The van der Waals surface area contributed by atoms with E-state index in [9.17, 15) is 20.0 Å². The maximum Gasteiger partial charge on any atom is 0.292 e. The number of benzene rings is 1. The van der Waals surface area contributed by atoms with Gasteiger partial charge in [-0.1, -0.05) is 6.07 Å². The largest absolute Gasteiger partial charge is 0.505 e. The maximum absolute atomic E-state index is 11.8. The van der Waals surface area contributed by atoms with Gasteiger partial charge in [0.25, 0.3) is 11.6 Å². The van der Waals surface area contributed by atoms with E-state index in [4.69, 9.17) is 0 Å². The first-order valence-electron chi connectivity index (χ1n) is 6.90. The number of anilines is 1. The summed E-state index contributed by atoms with van der Waals surface area (Å²) in [6.07, 6.45) is 1.41. The fourth-order valence-electron chi connectivity index (χ4n) is 1.97. The van der Waals surface area contributed by atoms with Gasteiger partial charge in [0.15, 0.2) is 5.69 Å². The van der Waals surface area contributed by atoms with Gasteiger partial charge < -0.3 is 15.7 Å². The lowest BCUT2D eigenvalue weighted by atomic mass is 10.2. The van der Waals surface area contributed by atoms with Gasteiger partial charge in [0.05, 0.1) is 4.92 Å². The van der Waals surface area contributed by atoms with E-state index < -0.39 is 10.8 Å². The van der Waals surface area contributed by atoms with Crippen molar-refractivity contribution in [3.8, 4) is 5.75 Å². The molecule has 1 amide bonds. The number of nitro benzene ring substituents is 1. The van der Waals surface area contributed by atoms with Gasteiger partial charge in [0.1, 0.15) is 11.4 Å². The summed E-state index contributed by atoms with van der Waals surface area (Å²) in [5, 5.41) is 26.0. The number of aryl methyl sites for hydroxylation is 1. The minimum atomic E-state index is -0.511. The van der Waals surface area contributed by atoms with E-state index in [-0.39, 0.29) is 23.7 Å². The summed E-state index contributed by atoms with van der Waals surface area (Å²) in [5.41, 5.74) is 1.10. The van der Waals surface area contributed by atoms with E-state index in [0.29, 0.717) is 12.2 Å². The van der Waals surface area contributed by atoms with Crippen LogP contribution in [0.1, 0.15) is 16.1 Å². The van der Waals surface area contributed by atoms with Crippen molar-refractivity contribution >= 4 is 17.3 Å². The van der Waals surface area contributed by atoms with E-state index in [0.717, 1.165) is 5.56 Å². The highest BCUT2D eigenvalue weighted by Crippen LogP contribution is 2.24. The lowest BCUT2D eigenvalue weighted by Crippen LogP contribution is -2.29. The molecule has 1 aromatic heterocycles. The number of carbonyl (C=O) groups excluding carboxylic acids is 1. The highest BCUT2D eigenvalue weighted by molar-refractivity contribution is 5.94. The number of carbonyl (C=O) groups is 1. The molecule has 0 saturated heterocycles. The molecule has 0 aliphatic heterocycles. The Bertz CT molecular complexity index is 733. The van der Waals surface area contributed by atoms with Crippen molar-refractivity contribution in [1.29, 1.82) is 0 Å². The molecule has 8 nitrogen and oxygen atoms in total. The highest BCUT2D eigenvalue weighted by Gasteiger charge is 2.14. The standard InChI is InChI=1S/C15H16N4O4/c1-10-4-5-11(12(9-10)19(22)23)16-7-8-18-15(21)14-13(20)3-2-6-17-14/h2-6,9,16,20H,7-8H2,1H3,(H,18,21). The van der Waals surface area contributed by atoms with Gasteiger partial charge >= 0.3 is 0 Å². The van der Waals surface area contributed by atoms with Crippen molar-refractivity contribution in [3.63, 3.8) is 0 Å². The van der Waals surface area contributed by atoms with Crippen molar-refractivity contribution in [1.82, 2.24) is 10.3 Å². The fraction of sp³-hybridized carbons (Fsp3) is 0.200. The molecule has 8 heteroatoms. The summed E-state index contributed by atoms with van der Waals surface area (Å²) in [7, 11) is 0. The van der Waals surface area contributed by atoms with Gasteiger partial charge in [0, 0.05) is 25.4 Å². The van der Waals surface area contributed by atoms with Crippen LogP contribution in [0.5, 0.6) is 5.75 Å². The van der Waals surface area contributed by atoms with Crippen LogP contribution in [-0.4, -0.2) is 34.0 Å². The van der Waals surface area contributed by atoms with Gasteiger partial charge in [-0.05, 0) is 30.7 Å². The first-order valence-corrected chi connectivity index (χ1v) is 6.90. The zero-order chi connectivity index (χ0) is 16.8. The first-order chi connectivity index (χ1) is 11.0. The number of nitro groups is 1. The molecule has 0 spiro atoms. The molecule has 23 heavy (non-hydrogen) atoms. The third-order valence-corrected chi connectivity index (χ3v) is 3.08. The molecule has 0 aliphatic carbocycles. The van der Waals surface area contributed by atoms with E-state index in [1.165, 1.54) is 24.4 Å². The fourth-order valence-corrected chi connectivity index (χ4v) is 1.97. The van der Waals surface area contributed by atoms with E-state index in [1.54, 1.807) is 19.1 Å². The highest BCUT2D eigenvalue weighted by atomic mass is 16.6. The monoisotopic (exact) mass is 316 g/mol. The average Bonchev–Trinajstić information content (AvgIpc) is 2.52. The number of pyridine rings is 1. The molecule has 0 atom stereocenters. The van der Waals surface area contributed by atoms with Crippen molar-refractivity contribution in [2.75, 3.05) is 18.4 Å². The zero-order valence-corrected chi connectivity index (χ0v) is 12.4. The average molecular weight is 316 g/mol. The Kier molecular flexibility index (Phi) is 5.08. The summed E-state index contributed by atoms with van der Waals surface area (Å²) in [6.45, 7) is 2.29. The van der Waals surface area contributed by atoms with Crippen molar-refractivity contribution in [2.45, 2.75) is 6.92 Å². The maximum atomic E-state index is 11.8. The predicted molar refractivity (Wildman–Crippen MR) is 84.6 cm³/mol. The number of amides is 1. The Morgan fingerprint density at radius 3 is 2.83 bits per heavy atom. The van der Waals surface area contributed by atoms with E-state index >= 15 is 0 Å². The minimum Gasteiger partial charge on any atom is -0.505 e. The molecule has 1 heterocycles. The molecular formula is C15H16N4O4. The molecule has 2 rings (SSSR count). The molecule has 0 saturated carbocycles. The number of aromatic hydroxyl groups is 1. The summed E-state index contributed by atoms with van der Waals surface area (Å²) in [4.78, 5) is 26.2. The van der Waals surface area contributed by atoms with Crippen LogP contribution in [0.15, 0.2) is 36.5 Å². The Morgan fingerprint density at radius 2 is 2.13 bits per heavy atom. The van der Waals surface area contributed by atoms with Gasteiger partial charge in [-0.15, -0.1) is 0 Å². The van der Waals surface area contributed by atoms with Crippen molar-refractivity contribution in [3.05, 3.63) is 57.9 Å². The Morgan fingerprint density at radius 1 is 1.35 bits per heavy atom. The summed E-state index contributed by atoms with van der Waals surface area (Å²) in [6, 6.07) is 7.76. The quantitative estimate of drug-likeness (QED) is 0.425. The van der Waals surface area contributed by atoms with Crippen LogP contribution in [0.3, 0.4) is 0 Å². The lowest BCUT2D eigenvalue weighted by Gasteiger charge is -2.09. The van der Waals surface area contributed by atoms with Gasteiger partial charge in [-0.25, -0.2) is 4.98 Å². The van der Waals surface area contributed by atoms with Crippen molar-refractivity contribution < 1.29 is 14.8 Å². The molecule has 2 aromatic rings. The Balaban J connectivity index is 1.90. The second kappa shape index (κ2) is 7.21. The van der Waals surface area contributed by atoms with E-state index in [1.807, 2.05) is 0 Å². The SMILES string of the molecule is Cc1ccc(NCCNC(=O)c2ncccc2O)c([N+](=O)[O-])c1. The van der Waals surface area contributed by atoms with Crippen molar-refractivity contribution in [2.24, 2.45) is 0 Å². The Hall–Kier alpha value is -3.16. The normalized spacial score (nSPS) is 10.1. The molecule has 0 fully saturated rings. The zero-order valence-electron chi connectivity index (χ0n) is 12.4. The van der Waals surface area contributed by atoms with Crippen LogP contribution in [-0.2, 0) is 0 Å². The number of nitrogens with zero attached hydrogens (tertiary/aromatic N) is 2. The van der Waals surface area contributed by atoms with Crippen LogP contribution in [0.25, 0.3) is 0 Å². The van der Waals surface area contributed by atoms with E-state index in [2.05, 4.69) is 15.6 Å². The molecule has 0 unspecified atom stereocenters. The third-order valence-electron chi connectivity index (χ3n) is 3.08. The number of rotatable bonds is 6. The molecule has 120 valence electrons. The van der Waals surface area contributed by atoms with Crippen LogP contribution in [0.4, 0.5) is 11.4 Å². The number of hydrogen-bond donors (Lipinski definition) is 3. The van der Waals surface area contributed by atoms with Gasteiger partial charge in [-0.2, -0.15) is 0 Å². The molecule has 0 radical (unpaired) electrons. The molecular weight excluding hydrogens is 300 g/mol. The number of hydrogen-bond acceptors (Lipinski definition) is 6. The molecule has 0 aliphatic rings. The summed E-state index contributed by atoms with van der Waals surface area (Å²) in [5.74, 6) is -0.713. The molecule has 0 bridgehead atoms.